The van der Waals surface area contributed by atoms with Crippen molar-refractivity contribution in [2.75, 3.05) is 11.4 Å². The number of fused-ring (bicyclic) bond motifs is 1. The van der Waals surface area contributed by atoms with Crippen LogP contribution in [0.15, 0.2) is 53.9 Å². The SMILES string of the molecule is Cc1nc(-c2ccc3c(c2)CCN3C(=O)[C@@H](C)Oc2ccccc2)cs1. The number of carbonyl (C=O) groups excluding carboxylic acids is 1. The lowest BCUT2D eigenvalue weighted by Crippen LogP contribution is -2.39. The summed E-state index contributed by atoms with van der Waals surface area (Å²) in [4.78, 5) is 19.2. The van der Waals surface area contributed by atoms with Crippen molar-refractivity contribution in [1.82, 2.24) is 4.98 Å². The van der Waals surface area contributed by atoms with E-state index in [2.05, 4.69) is 16.4 Å². The Morgan fingerprint density at radius 3 is 2.77 bits per heavy atom. The van der Waals surface area contributed by atoms with E-state index in [0.29, 0.717) is 12.3 Å². The number of ether oxygens (including phenoxy) is 1. The fourth-order valence-electron chi connectivity index (χ4n) is 3.26. The first kappa shape index (κ1) is 16.8. The van der Waals surface area contributed by atoms with Gasteiger partial charge in [0.2, 0.25) is 0 Å². The molecule has 2 aromatic carbocycles. The molecule has 0 radical (unpaired) electrons. The van der Waals surface area contributed by atoms with Crippen molar-refractivity contribution in [2.45, 2.75) is 26.4 Å². The molecule has 1 aliphatic heterocycles. The third kappa shape index (κ3) is 3.22. The molecule has 1 aromatic heterocycles. The molecule has 5 heteroatoms. The van der Waals surface area contributed by atoms with E-state index in [9.17, 15) is 4.79 Å². The van der Waals surface area contributed by atoms with Crippen LogP contribution in [-0.4, -0.2) is 23.5 Å². The fraction of sp³-hybridized carbons (Fsp3) is 0.238. The molecule has 1 amide bonds. The zero-order valence-corrected chi connectivity index (χ0v) is 15.6. The van der Waals surface area contributed by atoms with E-state index >= 15 is 0 Å². The molecular weight excluding hydrogens is 344 g/mol. The van der Waals surface area contributed by atoms with Crippen LogP contribution in [0.3, 0.4) is 0 Å². The number of rotatable bonds is 4. The molecule has 1 aliphatic rings. The van der Waals surface area contributed by atoms with E-state index in [1.807, 2.05) is 54.3 Å². The molecular formula is C21H20N2O2S. The van der Waals surface area contributed by atoms with Gasteiger partial charge in [-0.1, -0.05) is 24.3 Å². The summed E-state index contributed by atoms with van der Waals surface area (Å²) < 4.78 is 5.80. The molecule has 0 N–H and O–H groups in total. The Bertz CT molecular complexity index is 936. The molecule has 1 atom stereocenters. The molecule has 0 aliphatic carbocycles. The lowest BCUT2D eigenvalue weighted by Gasteiger charge is -2.22. The smallest absolute Gasteiger partial charge is 0.267 e. The standard InChI is InChI=1S/C21H20N2O2S/c1-14(25-18-6-4-3-5-7-18)21(24)23-11-10-17-12-16(8-9-20(17)23)19-13-26-15(2)22-19/h3-9,12-14H,10-11H2,1-2H3/t14-/m1/s1. The lowest BCUT2D eigenvalue weighted by atomic mass is 10.1. The second-order valence-corrected chi connectivity index (χ2v) is 7.47. The van der Waals surface area contributed by atoms with Crippen LogP contribution in [0.1, 0.15) is 17.5 Å². The summed E-state index contributed by atoms with van der Waals surface area (Å²) in [6.07, 6.45) is 0.333. The van der Waals surface area contributed by atoms with E-state index in [1.165, 1.54) is 5.56 Å². The first-order valence-electron chi connectivity index (χ1n) is 8.70. The molecule has 4 rings (SSSR count). The number of nitrogens with zero attached hydrogens (tertiary/aromatic N) is 2. The summed E-state index contributed by atoms with van der Waals surface area (Å²) in [6.45, 7) is 4.51. The summed E-state index contributed by atoms with van der Waals surface area (Å²) >= 11 is 1.65. The number of amides is 1. The maximum Gasteiger partial charge on any atom is 0.267 e. The van der Waals surface area contributed by atoms with Crippen LogP contribution >= 0.6 is 11.3 Å². The number of hydrogen-bond acceptors (Lipinski definition) is 4. The number of benzene rings is 2. The van der Waals surface area contributed by atoms with E-state index in [4.69, 9.17) is 4.74 Å². The Morgan fingerprint density at radius 1 is 1.23 bits per heavy atom. The second-order valence-electron chi connectivity index (χ2n) is 6.41. The van der Waals surface area contributed by atoms with Gasteiger partial charge < -0.3 is 9.64 Å². The normalized spacial score (nSPS) is 14.2. The van der Waals surface area contributed by atoms with Crippen molar-refractivity contribution in [3.05, 3.63) is 64.5 Å². The molecule has 132 valence electrons. The molecule has 0 saturated carbocycles. The van der Waals surface area contributed by atoms with Gasteiger partial charge in [0.15, 0.2) is 6.10 Å². The third-order valence-electron chi connectivity index (χ3n) is 4.56. The Morgan fingerprint density at radius 2 is 2.04 bits per heavy atom. The molecule has 4 nitrogen and oxygen atoms in total. The van der Waals surface area contributed by atoms with Gasteiger partial charge in [-0.3, -0.25) is 4.79 Å². The predicted molar refractivity (Wildman–Crippen MR) is 105 cm³/mol. The average molecular weight is 364 g/mol. The van der Waals surface area contributed by atoms with Crippen molar-refractivity contribution in [3.8, 4) is 17.0 Å². The van der Waals surface area contributed by atoms with Gasteiger partial charge in [0, 0.05) is 23.2 Å². The van der Waals surface area contributed by atoms with Gasteiger partial charge >= 0.3 is 0 Å². The van der Waals surface area contributed by atoms with Crippen LogP contribution in [0.4, 0.5) is 5.69 Å². The fourth-order valence-corrected chi connectivity index (χ4v) is 3.88. The van der Waals surface area contributed by atoms with Crippen LogP contribution in [0.25, 0.3) is 11.3 Å². The van der Waals surface area contributed by atoms with Crippen molar-refractivity contribution < 1.29 is 9.53 Å². The average Bonchev–Trinajstić information content (AvgIpc) is 3.27. The van der Waals surface area contributed by atoms with Gasteiger partial charge in [-0.2, -0.15) is 0 Å². The number of aromatic nitrogens is 1. The first-order chi connectivity index (χ1) is 12.6. The number of thiazole rings is 1. The number of aryl methyl sites for hydroxylation is 1. The number of carbonyl (C=O) groups is 1. The first-order valence-corrected chi connectivity index (χ1v) is 9.58. The Hall–Kier alpha value is -2.66. The minimum atomic E-state index is -0.524. The number of anilines is 1. The Labute approximate surface area is 157 Å². The molecule has 0 bridgehead atoms. The van der Waals surface area contributed by atoms with Crippen molar-refractivity contribution in [3.63, 3.8) is 0 Å². The lowest BCUT2D eigenvalue weighted by molar-refractivity contribution is -0.124. The largest absolute Gasteiger partial charge is 0.481 e. The van der Waals surface area contributed by atoms with Gasteiger partial charge in [0.1, 0.15) is 5.75 Å². The summed E-state index contributed by atoms with van der Waals surface area (Å²) in [5, 5.41) is 3.13. The minimum absolute atomic E-state index is 0.00939. The topological polar surface area (TPSA) is 42.4 Å². The van der Waals surface area contributed by atoms with Crippen molar-refractivity contribution in [2.24, 2.45) is 0 Å². The van der Waals surface area contributed by atoms with Crippen LogP contribution in [-0.2, 0) is 11.2 Å². The van der Waals surface area contributed by atoms with Gasteiger partial charge in [-0.15, -0.1) is 11.3 Å². The highest BCUT2D eigenvalue weighted by Gasteiger charge is 2.29. The van der Waals surface area contributed by atoms with Crippen molar-refractivity contribution >= 4 is 22.9 Å². The van der Waals surface area contributed by atoms with E-state index < -0.39 is 6.10 Å². The highest BCUT2D eigenvalue weighted by atomic mass is 32.1. The highest BCUT2D eigenvalue weighted by molar-refractivity contribution is 7.09. The zero-order valence-electron chi connectivity index (χ0n) is 14.8. The van der Waals surface area contributed by atoms with E-state index in [0.717, 1.165) is 28.4 Å². The quantitative estimate of drug-likeness (QED) is 0.686. The molecule has 26 heavy (non-hydrogen) atoms. The van der Waals surface area contributed by atoms with Gasteiger partial charge in [0.25, 0.3) is 5.91 Å². The molecule has 3 aromatic rings. The van der Waals surface area contributed by atoms with Gasteiger partial charge in [0.05, 0.1) is 10.7 Å². The molecule has 0 spiro atoms. The summed E-state index contributed by atoms with van der Waals surface area (Å²) in [6, 6.07) is 15.7. The predicted octanol–water partition coefficient (Wildman–Crippen LogP) is 4.48. The molecule has 0 unspecified atom stereocenters. The van der Waals surface area contributed by atoms with E-state index in [-0.39, 0.29) is 5.91 Å². The molecule has 0 saturated heterocycles. The van der Waals surface area contributed by atoms with Gasteiger partial charge in [-0.05, 0) is 50.1 Å². The summed E-state index contributed by atoms with van der Waals surface area (Å²) in [7, 11) is 0. The Balaban J connectivity index is 1.53. The monoisotopic (exact) mass is 364 g/mol. The summed E-state index contributed by atoms with van der Waals surface area (Å²) in [5.41, 5.74) is 4.28. The van der Waals surface area contributed by atoms with Gasteiger partial charge in [-0.25, -0.2) is 4.98 Å². The maximum absolute atomic E-state index is 12.9. The van der Waals surface area contributed by atoms with Crippen LogP contribution < -0.4 is 9.64 Å². The molecule has 0 fully saturated rings. The highest BCUT2D eigenvalue weighted by Crippen LogP contribution is 2.33. The third-order valence-corrected chi connectivity index (χ3v) is 5.33. The minimum Gasteiger partial charge on any atom is -0.481 e. The number of para-hydroxylation sites is 1. The Kier molecular flexibility index (Phi) is 4.47. The number of hydrogen-bond donors (Lipinski definition) is 0. The zero-order chi connectivity index (χ0) is 18.1. The molecule has 2 heterocycles. The van der Waals surface area contributed by atoms with E-state index in [1.54, 1.807) is 18.3 Å². The summed E-state index contributed by atoms with van der Waals surface area (Å²) in [5.74, 6) is 0.701. The van der Waals surface area contributed by atoms with Crippen LogP contribution in [0, 0.1) is 6.92 Å². The van der Waals surface area contributed by atoms with Crippen LogP contribution in [0.2, 0.25) is 0 Å². The van der Waals surface area contributed by atoms with Crippen LogP contribution in [0.5, 0.6) is 5.75 Å². The maximum atomic E-state index is 12.9. The second kappa shape index (κ2) is 6.92. The van der Waals surface area contributed by atoms with Crippen molar-refractivity contribution in [1.29, 1.82) is 0 Å².